The highest BCUT2D eigenvalue weighted by Gasteiger charge is 2.10. The minimum atomic E-state index is -3.42. The molecule has 0 aromatic heterocycles. The van der Waals surface area contributed by atoms with Gasteiger partial charge in [0.2, 0.25) is 10.0 Å². The van der Waals surface area contributed by atoms with E-state index in [1.807, 2.05) is 19.1 Å². The number of rotatable bonds is 9. The Morgan fingerprint density at radius 3 is 2.45 bits per heavy atom. The number of aliphatic imine (C=N–C) groups is 1. The Bertz CT molecular complexity index is 925. The van der Waals surface area contributed by atoms with Crippen LogP contribution in [-0.4, -0.2) is 41.6 Å². The van der Waals surface area contributed by atoms with Crippen LogP contribution in [0.25, 0.3) is 0 Å². The van der Waals surface area contributed by atoms with E-state index in [4.69, 9.17) is 4.74 Å². The van der Waals surface area contributed by atoms with Crippen LogP contribution in [0.3, 0.4) is 0 Å². The monoisotopic (exact) mass is 418 g/mol. The molecule has 0 aliphatic rings. The van der Waals surface area contributed by atoms with Crippen LogP contribution in [0.2, 0.25) is 0 Å². The molecule has 0 unspecified atom stereocenters. The molecule has 0 saturated heterocycles. The summed E-state index contributed by atoms with van der Waals surface area (Å²) in [5.41, 5.74) is 3.28. The fourth-order valence-corrected chi connectivity index (χ4v) is 3.55. The highest BCUT2D eigenvalue weighted by molar-refractivity contribution is 7.89. The molecule has 0 aliphatic heterocycles. The van der Waals surface area contributed by atoms with Crippen LogP contribution in [0.5, 0.6) is 5.75 Å². The number of nitrogens with one attached hydrogen (secondary N) is 3. The first kappa shape index (κ1) is 22.7. The topological polar surface area (TPSA) is 91.8 Å². The number of ether oxygens (including phenoxy) is 1. The van der Waals surface area contributed by atoms with Crippen molar-refractivity contribution >= 4 is 16.0 Å². The Balaban J connectivity index is 1.99. The van der Waals surface area contributed by atoms with Gasteiger partial charge in [0.05, 0.1) is 18.6 Å². The van der Waals surface area contributed by atoms with Crippen molar-refractivity contribution in [3.8, 4) is 5.75 Å². The lowest BCUT2D eigenvalue weighted by Gasteiger charge is -2.13. The van der Waals surface area contributed by atoms with E-state index in [-0.39, 0.29) is 4.90 Å². The number of hydrogen-bond donors (Lipinski definition) is 3. The van der Waals surface area contributed by atoms with Gasteiger partial charge >= 0.3 is 0 Å². The number of hydrogen-bond acceptors (Lipinski definition) is 4. The summed E-state index contributed by atoms with van der Waals surface area (Å²) < 4.78 is 31.3. The average Bonchev–Trinajstić information content (AvgIpc) is 2.72. The van der Waals surface area contributed by atoms with Gasteiger partial charge in [0.1, 0.15) is 5.75 Å². The SMILES string of the molecule is CCNC(=NCc1ccc(S(=O)(=O)NC)cc1)NCCc1cc(C)ccc1OC. The van der Waals surface area contributed by atoms with Gasteiger partial charge < -0.3 is 15.4 Å². The number of aryl methyl sites for hydroxylation is 1. The van der Waals surface area contributed by atoms with Crippen LogP contribution in [0.15, 0.2) is 52.4 Å². The maximum Gasteiger partial charge on any atom is 0.240 e. The maximum absolute atomic E-state index is 11.8. The number of sulfonamides is 1. The van der Waals surface area contributed by atoms with Crippen molar-refractivity contribution in [3.05, 3.63) is 59.2 Å². The highest BCUT2D eigenvalue weighted by atomic mass is 32.2. The fraction of sp³-hybridized carbons (Fsp3) is 0.381. The molecular weight excluding hydrogens is 388 g/mol. The molecule has 2 aromatic rings. The standard InChI is InChI=1S/C21H30N4O3S/c1-5-23-21(24-13-12-18-14-16(2)6-11-20(18)28-4)25-15-17-7-9-19(10-8-17)29(26,27)22-3/h6-11,14,22H,5,12-13,15H2,1-4H3,(H2,23,24,25). The van der Waals surface area contributed by atoms with Crippen molar-refractivity contribution in [2.75, 3.05) is 27.2 Å². The Labute approximate surface area is 173 Å². The van der Waals surface area contributed by atoms with Gasteiger partial charge in [0, 0.05) is 13.1 Å². The number of methoxy groups -OCH3 is 1. The Kier molecular flexibility index (Phi) is 8.48. The zero-order valence-electron chi connectivity index (χ0n) is 17.5. The first-order chi connectivity index (χ1) is 13.9. The molecule has 2 rings (SSSR count). The summed E-state index contributed by atoms with van der Waals surface area (Å²) in [5, 5.41) is 6.56. The minimum absolute atomic E-state index is 0.241. The fourth-order valence-electron chi connectivity index (χ4n) is 2.82. The van der Waals surface area contributed by atoms with E-state index in [1.54, 1.807) is 31.4 Å². The Morgan fingerprint density at radius 1 is 1.10 bits per heavy atom. The van der Waals surface area contributed by atoms with Gasteiger partial charge in [-0.3, -0.25) is 0 Å². The van der Waals surface area contributed by atoms with E-state index in [2.05, 4.69) is 33.3 Å². The first-order valence-electron chi connectivity index (χ1n) is 9.57. The summed E-state index contributed by atoms with van der Waals surface area (Å²) in [6.45, 7) is 5.99. The van der Waals surface area contributed by atoms with Crippen LogP contribution in [0, 0.1) is 6.92 Å². The quantitative estimate of drug-likeness (QED) is 0.429. The molecule has 7 nitrogen and oxygen atoms in total. The van der Waals surface area contributed by atoms with Crippen molar-refractivity contribution in [3.63, 3.8) is 0 Å². The van der Waals surface area contributed by atoms with Crippen molar-refractivity contribution in [2.45, 2.75) is 31.7 Å². The van der Waals surface area contributed by atoms with Gasteiger partial charge in [-0.2, -0.15) is 0 Å². The zero-order valence-corrected chi connectivity index (χ0v) is 18.3. The van der Waals surface area contributed by atoms with E-state index < -0.39 is 10.0 Å². The smallest absolute Gasteiger partial charge is 0.240 e. The van der Waals surface area contributed by atoms with Crippen molar-refractivity contribution in [1.29, 1.82) is 0 Å². The molecule has 0 spiro atoms. The van der Waals surface area contributed by atoms with Gasteiger partial charge in [-0.25, -0.2) is 18.1 Å². The molecule has 0 heterocycles. The van der Waals surface area contributed by atoms with E-state index in [1.165, 1.54) is 12.6 Å². The van der Waals surface area contributed by atoms with Crippen LogP contribution in [0.4, 0.5) is 0 Å². The van der Waals surface area contributed by atoms with Crippen molar-refractivity contribution in [1.82, 2.24) is 15.4 Å². The second kappa shape index (κ2) is 10.8. The summed E-state index contributed by atoms with van der Waals surface area (Å²) in [6, 6.07) is 12.9. The molecule has 0 amide bonds. The van der Waals surface area contributed by atoms with E-state index in [0.717, 1.165) is 29.8 Å². The minimum Gasteiger partial charge on any atom is -0.496 e. The Morgan fingerprint density at radius 2 is 1.83 bits per heavy atom. The Hall–Kier alpha value is -2.58. The molecule has 0 bridgehead atoms. The molecule has 158 valence electrons. The van der Waals surface area contributed by atoms with Gasteiger partial charge in [-0.1, -0.05) is 29.8 Å². The number of nitrogens with zero attached hydrogens (tertiary/aromatic N) is 1. The van der Waals surface area contributed by atoms with Crippen LogP contribution < -0.4 is 20.1 Å². The third kappa shape index (κ3) is 6.76. The second-order valence-corrected chi connectivity index (χ2v) is 8.43. The second-order valence-electron chi connectivity index (χ2n) is 6.54. The van der Waals surface area contributed by atoms with E-state index in [9.17, 15) is 8.42 Å². The lowest BCUT2D eigenvalue weighted by Crippen LogP contribution is -2.38. The van der Waals surface area contributed by atoms with Gasteiger partial charge in [-0.05, 0) is 56.6 Å². The summed E-state index contributed by atoms with van der Waals surface area (Å²) in [6.07, 6.45) is 0.811. The largest absolute Gasteiger partial charge is 0.496 e. The summed E-state index contributed by atoms with van der Waals surface area (Å²) in [7, 11) is -0.345. The highest BCUT2D eigenvalue weighted by Crippen LogP contribution is 2.19. The normalized spacial score (nSPS) is 11.9. The summed E-state index contributed by atoms with van der Waals surface area (Å²) in [5.74, 6) is 1.60. The predicted molar refractivity (Wildman–Crippen MR) is 117 cm³/mol. The molecule has 0 radical (unpaired) electrons. The summed E-state index contributed by atoms with van der Waals surface area (Å²) >= 11 is 0. The van der Waals surface area contributed by atoms with Crippen LogP contribution in [-0.2, 0) is 23.0 Å². The number of benzene rings is 2. The third-order valence-corrected chi connectivity index (χ3v) is 5.82. The molecule has 0 aliphatic carbocycles. The van der Waals surface area contributed by atoms with Crippen molar-refractivity contribution in [2.24, 2.45) is 4.99 Å². The van der Waals surface area contributed by atoms with Crippen molar-refractivity contribution < 1.29 is 13.2 Å². The predicted octanol–water partition coefficient (Wildman–Crippen LogP) is 2.21. The molecular formula is C21H30N4O3S. The van der Waals surface area contributed by atoms with Gasteiger partial charge in [0.15, 0.2) is 5.96 Å². The molecule has 2 aromatic carbocycles. The lowest BCUT2D eigenvalue weighted by atomic mass is 10.1. The molecule has 0 fully saturated rings. The average molecular weight is 419 g/mol. The lowest BCUT2D eigenvalue weighted by molar-refractivity contribution is 0.409. The number of guanidine groups is 1. The molecule has 29 heavy (non-hydrogen) atoms. The first-order valence-corrected chi connectivity index (χ1v) is 11.1. The zero-order chi connectivity index (χ0) is 21.3. The van der Waals surface area contributed by atoms with Crippen LogP contribution in [0.1, 0.15) is 23.6 Å². The molecule has 0 atom stereocenters. The molecule has 8 heteroatoms. The van der Waals surface area contributed by atoms with Gasteiger partial charge in [-0.15, -0.1) is 0 Å². The molecule has 0 saturated carbocycles. The van der Waals surface area contributed by atoms with Crippen LogP contribution >= 0.6 is 0 Å². The third-order valence-electron chi connectivity index (χ3n) is 4.39. The molecule has 3 N–H and O–H groups in total. The maximum atomic E-state index is 11.8. The summed E-state index contributed by atoms with van der Waals surface area (Å²) in [4.78, 5) is 4.83. The van der Waals surface area contributed by atoms with Gasteiger partial charge in [0.25, 0.3) is 0 Å². The van der Waals surface area contributed by atoms with E-state index >= 15 is 0 Å². The van der Waals surface area contributed by atoms with E-state index in [0.29, 0.717) is 19.0 Å².